The molecule has 2 rings (SSSR count). The lowest BCUT2D eigenvalue weighted by molar-refractivity contribution is 0.861. The van der Waals surface area contributed by atoms with Crippen molar-refractivity contribution in [3.8, 4) is 0 Å². The zero-order chi connectivity index (χ0) is 19.0. The third-order valence-electron chi connectivity index (χ3n) is 4.85. The van der Waals surface area contributed by atoms with E-state index in [1.807, 2.05) is 13.8 Å². The highest BCUT2D eigenvalue weighted by molar-refractivity contribution is 6.37. The zero-order valence-corrected chi connectivity index (χ0v) is 17.4. The molecule has 0 aliphatic rings. The molecule has 0 heterocycles. The number of nitrogen functional groups attached to an aromatic ring is 2. The van der Waals surface area contributed by atoms with Crippen molar-refractivity contribution in [3.05, 3.63) is 55.6 Å². The second-order valence-corrected chi connectivity index (χ2v) is 8.22. The molecule has 25 heavy (non-hydrogen) atoms. The minimum atomic E-state index is 0.238. The number of hydrogen-bond acceptors (Lipinski definition) is 2. The average Bonchev–Trinajstić information content (AvgIpc) is 2.52. The van der Waals surface area contributed by atoms with Crippen molar-refractivity contribution in [1.82, 2.24) is 0 Å². The molecule has 2 aromatic carbocycles. The van der Waals surface area contributed by atoms with Gasteiger partial charge in [-0.15, -0.1) is 0 Å². The largest absolute Gasteiger partial charge is 0.398 e. The predicted molar refractivity (Wildman–Crippen MR) is 112 cm³/mol. The van der Waals surface area contributed by atoms with Crippen molar-refractivity contribution in [1.29, 1.82) is 0 Å². The van der Waals surface area contributed by atoms with Gasteiger partial charge in [-0.05, 0) is 59.1 Å². The third kappa shape index (κ3) is 3.75. The third-order valence-corrected chi connectivity index (χ3v) is 5.79. The van der Waals surface area contributed by atoms with Gasteiger partial charge in [0, 0.05) is 17.8 Å². The number of rotatable bonds is 4. The minimum Gasteiger partial charge on any atom is -0.398 e. The summed E-state index contributed by atoms with van der Waals surface area (Å²) in [6, 6.07) is 4.29. The molecule has 0 unspecified atom stereocenters. The molecule has 0 aromatic heterocycles. The van der Waals surface area contributed by atoms with Crippen molar-refractivity contribution in [2.45, 2.75) is 59.8 Å². The fraction of sp³-hybridized carbons (Fsp3) is 0.429. The highest BCUT2D eigenvalue weighted by Gasteiger charge is 2.21. The summed E-state index contributed by atoms with van der Waals surface area (Å²) in [6.45, 7) is 12.5. The Morgan fingerprint density at radius 3 is 2.00 bits per heavy atom. The Bertz CT molecular complexity index is 809. The first kappa shape index (κ1) is 19.9. The smallest absolute Gasteiger partial charge is 0.0511 e. The van der Waals surface area contributed by atoms with Gasteiger partial charge in [0.05, 0.1) is 10.0 Å². The Morgan fingerprint density at radius 2 is 1.48 bits per heavy atom. The molecule has 0 bridgehead atoms. The van der Waals surface area contributed by atoms with E-state index in [0.717, 1.165) is 33.5 Å². The van der Waals surface area contributed by atoms with Crippen LogP contribution in [0, 0.1) is 13.8 Å². The van der Waals surface area contributed by atoms with Gasteiger partial charge >= 0.3 is 0 Å². The fourth-order valence-corrected chi connectivity index (χ4v) is 4.12. The zero-order valence-electron chi connectivity index (χ0n) is 15.9. The van der Waals surface area contributed by atoms with Crippen LogP contribution in [0.25, 0.3) is 0 Å². The fourth-order valence-electron chi connectivity index (χ4n) is 3.33. The maximum atomic E-state index is 6.72. The first-order chi connectivity index (χ1) is 11.6. The van der Waals surface area contributed by atoms with Crippen molar-refractivity contribution < 1.29 is 0 Å². The van der Waals surface area contributed by atoms with Crippen LogP contribution >= 0.6 is 23.2 Å². The van der Waals surface area contributed by atoms with E-state index in [1.54, 1.807) is 0 Å². The number of anilines is 2. The molecular formula is C21H28Cl2N2. The molecule has 2 nitrogen and oxygen atoms in total. The van der Waals surface area contributed by atoms with Gasteiger partial charge in [-0.1, -0.05) is 63.0 Å². The van der Waals surface area contributed by atoms with Crippen LogP contribution in [0.1, 0.15) is 72.9 Å². The summed E-state index contributed by atoms with van der Waals surface area (Å²) in [4.78, 5) is 0. The number of hydrogen-bond donors (Lipinski definition) is 2. The average molecular weight is 379 g/mol. The maximum absolute atomic E-state index is 6.72. The normalized spacial score (nSPS) is 11.6. The van der Waals surface area contributed by atoms with Crippen LogP contribution in [0.15, 0.2) is 12.1 Å². The Morgan fingerprint density at radius 1 is 0.880 bits per heavy atom. The molecule has 136 valence electrons. The van der Waals surface area contributed by atoms with Gasteiger partial charge in [0.1, 0.15) is 0 Å². The summed E-state index contributed by atoms with van der Waals surface area (Å²) >= 11 is 13.3. The van der Waals surface area contributed by atoms with Crippen LogP contribution in [0.2, 0.25) is 10.0 Å². The molecule has 0 saturated heterocycles. The van der Waals surface area contributed by atoms with E-state index in [2.05, 4.69) is 39.8 Å². The van der Waals surface area contributed by atoms with Crippen LogP contribution < -0.4 is 11.5 Å². The number of halogens is 2. The molecule has 0 spiro atoms. The second-order valence-electron chi connectivity index (χ2n) is 7.46. The SMILES string of the molecule is Cc1cc(Cc2c(Cl)c(C)c(N)c(C(C)C)c2Cl)cc(C(C)C)c1N. The van der Waals surface area contributed by atoms with Crippen molar-refractivity contribution >= 4 is 34.6 Å². The quantitative estimate of drug-likeness (QED) is 0.587. The van der Waals surface area contributed by atoms with Gasteiger partial charge in [-0.25, -0.2) is 0 Å². The van der Waals surface area contributed by atoms with Crippen LogP contribution in [0.5, 0.6) is 0 Å². The van der Waals surface area contributed by atoms with E-state index in [9.17, 15) is 0 Å². The lowest BCUT2D eigenvalue weighted by Gasteiger charge is -2.21. The van der Waals surface area contributed by atoms with Gasteiger partial charge in [0.2, 0.25) is 0 Å². The van der Waals surface area contributed by atoms with Crippen molar-refractivity contribution in [2.75, 3.05) is 11.5 Å². The maximum Gasteiger partial charge on any atom is 0.0511 e. The summed E-state index contributed by atoms with van der Waals surface area (Å²) in [5.74, 6) is 0.602. The molecule has 0 aliphatic heterocycles. The first-order valence-electron chi connectivity index (χ1n) is 8.70. The van der Waals surface area contributed by atoms with Gasteiger partial charge < -0.3 is 11.5 Å². The van der Waals surface area contributed by atoms with E-state index < -0.39 is 0 Å². The summed E-state index contributed by atoms with van der Waals surface area (Å²) in [6.07, 6.45) is 0.666. The Labute approximate surface area is 161 Å². The molecule has 4 heteroatoms. The molecule has 2 aromatic rings. The van der Waals surface area contributed by atoms with Gasteiger partial charge in [0.25, 0.3) is 0 Å². The standard InChI is InChI=1S/C21H28Cl2N2/c1-10(2)15-8-14(7-12(5)20(15)24)9-16-18(22)13(6)21(25)17(11(3)4)19(16)23/h7-8,10-11H,9,24-25H2,1-6H3. The summed E-state index contributed by atoms with van der Waals surface area (Å²) in [7, 11) is 0. The summed E-state index contributed by atoms with van der Waals surface area (Å²) < 4.78 is 0. The molecule has 0 aliphatic carbocycles. The van der Waals surface area contributed by atoms with E-state index in [-0.39, 0.29) is 5.92 Å². The number of aryl methyl sites for hydroxylation is 1. The topological polar surface area (TPSA) is 52.0 Å². The van der Waals surface area contributed by atoms with E-state index in [0.29, 0.717) is 28.1 Å². The minimum absolute atomic E-state index is 0.238. The Balaban J connectivity index is 2.62. The van der Waals surface area contributed by atoms with Crippen molar-refractivity contribution in [2.24, 2.45) is 0 Å². The van der Waals surface area contributed by atoms with Gasteiger partial charge in [0.15, 0.2) is 0 Å². The van der Waals surface area contributed by atoms with Crippen molar-refractivity contribution in [3.63, 3.8) is 0 Å². The van der Waals surface area contributed by atoms with Gasteiger partial charge in [-0.3, -0.25) is 0 Å². The van der Waals surface area contributed by atoms with E-state index in [1.165, 1.54) is 5.56 Å². The highest BCUT2D eigenvalue weighted by Crippen LogP contribution is 2.41. The molecule has 0 fully saturated rings. The molecule has 4 N–H and O–H groups in total. The molecule has 0 atom stereocenters. The molecule has 0 radical (unpaired) electrons. The molecule has 0 amide bonds. The molecule has 0 saturated carbocycles. The number of nitrogens with two attached hydrogens (primary N) is 2. The van der Waals surface area contributed by atoms with E-state index in [4.69, 9.17) is 34.7 Å². The molecular weight excluding hydrogens is 351 g/mol. The van der Waals surface area contributed by atoms with Gasteiger partial charge in [-0.2, -0.15) is 0 Å². The first-order valence-corrected chi connectivity index (χ1v) is 9.46. The van der Waals surface area contributed by atoms with Crippen LogP contribution in [-0.2, 0) is 6.42 Å². The van der Waals surface area contributed by atoms with Crippen LogP contribution in [-0.4, -0.2) is 0 Å². The Hall–Kier alpha value is -1.38. The van der Waals surface area contributed by atoms with Crippen LogP contribution in [0.4, 0.5) is 11.4 Å². The lowest BCUT2D eigenvalue weighted by Crippen LogP contribution is -2.06. The van der Waals surface area contributed by atoms with E-state index >= 15 is 0 Å². The summed E-state index contributed by atoms with van der Waals surface area (Å²) in [5, 5.41) is 1.34. The lowest BCUT2D eigenvalue weighted by atomic mass is 9.90. The van der Waals surface area contributed by atoms with Crippen LogP contribution in [0.3, 0.4) is 0 Å². The second kappa shape index (κ2) is 7.47. The highest BCUT2D eigenvalue weighted by atomic mass is 35.5. The monoisotopic (exact) mass is 378 g/mol. The predicted octanol–water partition coefficient (Wildman–Crippen LogP) is 6.61. The number of benzene rings is 2. The summed E-state index contributed by atoms with van der Waals surface area (Å²) in [5.41, 5.74) is 20.3. The Kier molecular flexibility index (Phi) is 5.96.